The van der Waals surface area contributed by atoms with Crippen molar-refractivity contribution in [1.82, 2.24) is 5.48 Å². The van der Waals surface area contributed by atoms with Crippen LogP contribution in [0.25, 0.3) is 11.1 Å². The molecule has 0 aliphatic carbocycles. The van der Waals surface area contributed by atoms with Crippen LogP contribution in [0.1, 0.15) is 11.1 Å². The van der Waals surface area contributed by atoms with Gasteiger partial charge in [-0.2, -0.15) is 0 Å². The molecule has 0 atom stereocenters. The number of hydroxylamine groups is 1. The van der Waals surface area contributed by atoms with Gasteiger partial charge in [-0.05, 0) is 23.3 Å². The standard InChI is InChI=1S/C20H15N2O/c1-3-7-15(8-4-1)16-11-13-18(14-12-16)20-21-19(22-23-20)17-9-5-2-6-10-17/h1-14,22H. The normalized spacial score (nSPS) is 14.3. The molecule has 3 aromatic rings. The van der Waals surface area contributed by atoms with Gasteiger partial charge in [-0.3, -0.25) is 0 Å². The van der Waals surface area contributed by atoms with E-state index in [1.807, 2.05) is 60.7 Å². The van der Waals surface area contributed by atoms with Crippen LogP contribution >= 0.6 is 0 Å². The highest BCUT2D eigenvalue weighted by Gasteiger charge is 2.22. The maximum Gasteiger partial charge on any atom is 0.243 e. The third-order valence-corrected chi connectivity index (χ3v) is 3.74. The number of hydrogen-bond donors (Lipinski definition) is 1. The molecule has 1 N–H and O–H groups in total. The first-order chi connectivity index (χ1) is 11.4. The van der Waals surface area contributed by atoms with Crippen molar-refractivity contribution in [2.75, 3.05) is 0 Å². The lowest BCUT2D eigenvalue weighted by molar-refractivity contribution is 0.222. The summed E-state index contributed by atoms with van der Waals surface area (Å²) in [5.74, 6) is 0.587. The van der Waals surface area contributed by atoms with Gasteiger partial charge in [0.25, 0.3) is 0 Å². The zero-order valence-electron chi connectivity index (χ0n) is 12.4. The quantitative estimate of drug-likeness (QED) is 0.787. The van der Waals surface area contributed by atoms with E-state index in [-0.39, 0.29) is 0 Å². The van der Waals surface area contributed by atoms with E-state index in [4.69, 9.17) is 4.84 Å². The highest BCUT2D eigenvalue weighted by atomic mass is 16.7. The fourth-order valence-corrected chi connectivity index (χ4v) is 2.52. The van der Waals surface area contributed by atoms with Crippen molar-refractivity contribution >= 4 is 5.90 Å². The third kappa shape index (κ3) is 2.87. The second-order valence-corrected chi connectivity index (χ2v) is 5.28. The van der Waals surface area contributed by atoms with E-state index in [0.29, 0.717) is 5.90 Å². The molecule has 1 aliphatic heterocycles. The van der Waals surface area contributed by atoms with Crippen LogP contribution < -0.4 is 5.48 Å². The molecule has 1 radical (unpaired) electrons. The van der Waals surface area contributed by atoms with Gasteiger partial charge in [0.2, 0.25) is 12.1 Å². The molecule has 0 bridgehead atoms. The SMILES string of the molecule is c1ccc([C]2N=C(c3ccc(-c4ccccc4)cc3)ON2)cc1. The first-order valence-electron chi connectivity index (χ1n) is 7.50. The van der Waals surface area contributed by atoms with Crippen LogP contribution in [0.15, 0.2) is 89.9 Å². The molecule has 4 rings (SSSR count). The Bertz CT molecular complexity index is 811. The first-order valence-corrected chi connectivity index (χ1v) is 7.50. The van der Waals surface area contributed by atoms with Crippen LogP contribution in [-0.4, -0.2) is 5.90 Å². The molecule has 0 amide bonds. The highest BCUT2D eigenvalue weighted by Crippen LogP contribution is 2.23. The fourth-order valence-electron chi connectivity index (χ4n) is 2.52. The summed E-state index contributed by atoms with van der Waals surface area (Å²) in [6, 6.07) is 28.4. The minimum absolute atomic E-state index is 0.587. The minimum atomic E-state index is 0.587. The van der Waals surface area contributed by atoms with Crippen molar-refractivity contribution in [3.8, 4) is 11.1 Å². The predicted octanol–water partition coefficient (Wildman–Crippen LogP) is 4.17. The van der Waals surface area contributed by atoms with Gasteiger partial charge in [-0.25, -0.2) is 4.99 Å². The van der Waals surface area contributed by atoms with Crippen LogP contribution in [0.4, 0.5) is 0 Å². The van der Waals surface area contributed by atoms with Gasteiger partial charge >= 0.3 is 0 Å². The number of nitrogens with zero attached hydrogens (tertiary/aromatic N) is 1. The summed E-state index contributed by atoms with van der Waals surface area (Å²) in [4.78, 5) is 10.0. The zero-order valence-corrected chi connectivity index (χ0v) is 12.4. The molecule has 1 heterocycles. The second kappa shape index (κ2) is 6.07. The van der Waals surface area contributed by atoms with Crippen molar-refractivity contribution in [3.05, 3.63) is 102 Å². The highest BCUT2D eigenvalue weighted by molar-refractivity contribution is 5.96. The molecule has 0 saturated carbocycles. The molecule has 3 aromatic carbocycles. The molecular weight excluding hydrogens is 284 g/mol. The van der Waals surface area contributed by atoms with E-state index in [2.05, 4.69) is 34.7 Å². The fraction of sp³-hybridized carbons (Fsp3) is 0. The lowest BCUT2D eigenvalue weighted by Crippen LogP contribution is -2.15. The summed E-state index contributed by atoms with van der Waals surface area (Å²) in [6.45, 7) is 0. The van der Waals surface area contributed by atoms with Crippen molar-refractivity contribution in [2.45, 2.75) is 0 Å². The molecule has 23 heavy (non-hydrogen) atoms. The Labute approximate surface area is 135 Å². The van der Waals surface area contributed by atoms with Crippen LogP contribution in [0.3, 0.4) is 0 Å². The van der Waals surface area contributed by atoms with Crippen LogP contribution in [-0.2, 0) is 4.84 Å². The lowest BCUT2D eigenvalue weighted by atomic mass is 10.0. The Morgan fingerprint density at radius 1 is 0.565 bits per heavy atom. The number of hydrogen-bond acceptors (Lipinski definition) is 3. The van der Waals surface area contributed by atoms with Crippen molar-refractivity contribution in [2.24, 2.45) is 4.99 Å². The molecule has 0 spiro atoms. The largest absolute Gasteiger partial charge is 0.385 e. The van der Waals surface area contributed by atoms with Gasteiger partial charge in [-0.1, -0.05) is 72.8 Å². The summed E-state index contributed by atoms with van der Waals surface area (Å²) in [5, 5.41) is 0. The van der Waals surface area contributed by atoms with Crippen molar-refractivity contribution in [3.63, 3.8) is 0 Å². The summed E-state index contributed by atoms with van der Waals surface area (Å²) in [6.07, 6.45) is 0.729. The molecule has 0 aromatic heterocycles. The maximum absolute atomic E-state index is 5.51. The van der Waals surface area contributed by atoms with Crippen molar-refractivity contribution in [1.29, 1.82) is 0 Å². The maximum atomic E-state index is 5.51. The topological polar surface area (TPSA) is 33.6 Å². The van der Waals surface area contributed by atoms with E-state index < -0.39 is 0 Å². The van der Waals surface area contributed by atoms with Gasteiger partial charge in [0, 0.05) is 11.1 Å². The summed E-state index contributed by atoms with van der Waals surface area (Å²) in [5.41, 5.74) is 7.20. The van der Waals surface area contributed by atoms with Gasteiger partial charge in [0.15, 0.2) is 0 Å². The Hall–Kier alpha value is -2.91. The average Bonchev–Trinajstić information content (AvgIpc) is 3.14. The van der Waals surface area contributed by atoms with Crippen LogP contribution in [0, 0.1) is 6.17 Å². The smallest absolute Gasteiger partial charge is 0.243 e. The zero-order chi connectivity index (χ0) is 15.5. The molecule has 0 fully saturated rings. The van der Waals surface area contributed by atoms with Gasteiger partial charge in [-0.15, -0.1) is 5.48 Å². The molecule has 0 unspecified atom stereocenters. The molecule has 1 aliphatic rings. The van der Waals surface area contributed by atoms with Crippen LogP contribution in [0.2, 0.25) is 0 Å². The summed E-state index contributed by atoms with van der Waals surface area (Å²) in [7, 11) is 0. The Morgan fingerprint density at radius 2 is 1.09 bits per heavy atom. The van der Waals surface area contributed by atoms with Gasteiger partial charge in [0.05, 0.1) is 0 Å². The van der Waals surface area contributed by atoms with Gasteiger partial charge in [0.1, 0.15) is 0 Å². The predicted molar refractivity (Wildman–Crippen MR) is 91.4 cm³/mol. The molecule has 3 heteroatoms. The first kappa shape index (κ1) is 13.7. The minimum Gasteiger partial charge on any atom is -0.385 e. The molecule has 0 saturated heterocycles. The number of aliphatic imine (C=N–C) groups is 1. The van der Waals surface area contributed by atoms with E-state index >= 15 is 0 Å². The van der Waals surface area contributed by atoms with Crippen LogP contribution in [0.5, 0.6) is 0 Å². The Morgan fingerprint density at radius 3 is 1.74 bits per heavy atom. The van der Waals surface area contributed by atoms with E-state index in [1.165, 1.54) is 11.1 Å². The Balaban J connectivity index is 1.57. The monoisotopic (exact) mass is 299 g/mol. The van der Waals surface area contributed by atoms with E-state index in [9.17, 15) is 0 Å². The lowest BCUT2D eigenvalue weighted by Gasteiger charge is -2.04. The number of rotatable bonds is 3. The third-order valence-electron chi connectivity index (χ3n) is 3.74. The van der Waals surface area contributed by atoms with Gasteiger partial charge < -0.3 is 4.84 Å². The number of nitrogens with one attached hydrogen (secondary N) is 1. The average molecular weight is 299 g/mol. The molecular formula is C20H15N2O. The Kier molecular flexibility index (Phi) is 3.62. The second-order valence-electron chi connectivity index (χ2n) is 5.28. The van der Waals surface area contributed by atoms with Crippen molar-refractivity contribution < 1.29 is 4.84 Å². The molecule has 111 valence electrons. The summed E-state index contributed by atoms with van der Waals surface area (Å²) >= 11 is 0. The van der Waals surface area contributed by atoms with E-state index in [0.717, 1.165) is 17.3 Å². The number of benzene rings is 3. The van der Waals surface area contributed by atoms with E-state index in [1.54, 1.807) is 0 Å². The summed E-state index contributed by atoms with van der Waals surface area (Å²) < 4.78 is 0. The molecule has 3 nitrogen and oxygen atoms in total.